The highest BCUT2D eigenvalue weighted by Gasteiger charge is 2.23. The van der Waals surface area contributed by atoms with Crippen LogP contribution in [0.1, 0.15) is 24.8 Å². The molecule has 0 radical (unpaired) electrons. The first-order chi connectivity index (χ1) is 9.65. The zero-order chi connectivity index (χ0) is 14.5. The van der Waals surface area contributed by atoms with Crippen LogP contribution in [0.5, 0.6) is 0 Å². The van der Waals surface area contributed by atoms with Crippen molar-refractivity contribution in [2.75, 3.05) is 24.2 Å². The fourth-order valence-corrected chi connectivity index (χ4v) is 3.26. The largest absolute Gasteiger partial charge is 0.481 e. The van der Waals surface area contributed by atoms with Gasteiger partial charge in [-0.15, -0.1) is 11.8 Å². The lowest BCUT2D eigenvalue weighted by molar-refractivity contribution is -0.138. The summed E-state index contributed by atoms with van der Waals surface area (Å²) < 4.78 is 0. The molecule has 5 heteroatoms. The Morgan fingerprint density at radius 3 is 2.75 bits per heavy atom. The van der Waals surface area contributed by atoms with Gasteiger partial charge in [-0.05, 0) is 37.1 Å². The highest BCUT2D eigenvalue weighted by atomic mass is 32.2. The van der Waals surface area contributed by atoms with E-state index in [0.717, 1.165) is 42.1 Å². The summed E-state index contributed by atoms with van der Waals surface area (Å²) in [6, 6.07) is 8.22. The first-order valence-corrected chi connectivity index (χ1v) is 7.92. The van der Waals surface area contributed by atoms with Gasteiger partial charge in [0.05, 0.1) is 11.3 Å². The number of carboxylic acids is 1. The van der Waals surface area contributed by atoms with Crippen LogP contribution in [0, 0.1) is 17.2 Å². The van der Waals surface area contributed by atoms with Crippen LogP contribution in [0.15, 0.2) is 23.1 Å². The summed E-state index contributed by atoms with van der Waals surface area (Å²) in [5, 5.41) is 18.2. The first-order valence-electron chi connectivity index (χ1n) is 6.69. The first kappa shape index (κ1) is 14.7. The fourth-order valence-electron chi connectivity index (χ4n) is 2.69. The van der Waals surface area contributed by atoms with E-state index in [1.165, 1.54) is 0 Å². The molecule has 1 N–H and O–H groups in total. The number of benzene rings is 1. The van der Waals surface area contributed by atoms with Crippen molar-refractivity contribution in [3.63, 3.8) is 0 Å². The molecule has 0 unspecified atom stereocenters. The van der Waals surface area contributed by atoms with Gasteiger partial charge in [-0.2, -0.15) is 5.26 Å². The molecule has 1 aromatic rings. The zero-order valence-electron chi connectivity index (χ0n) is 11.5. The number of anilines is 1. The molecule has 2 rings (SSSR count). The van der Waals surface area contributed by atoms with Gasteiger partial charge in [-0.25, -0.2) is 0 Å². The van der Waals surface area contributed by atoms with Gasteiger partial charge in [-0.3, -0.25) is 4.79 Å². The highest BCUT2D eigenvalue weighted by Crippen LogP contribution is 2.32. The van der Waals surface area contributed by atoms with E-state index < -0.39 is 5.97 Å². The van der Waals surface area contributed by atoms with Gasteiger partial charge in [0.2, 0.25) is 0 Å². The Kier molecular flexibility index (Phi) is 4.91. The number of nitriles is 1. The van der Waals surface area contributed by atoms with E-state index in [-0.39, 0.29) is 12.3 Å². The van der Waals surface area contributed by atoms with E-state index in [4.69, 9.17) is 5.11 Å². The second-order valence-corrected chi connectivity index (χ2v) is 5.84. The number of nitrogens with zero attached hydrogens (tertiary/aromatic N) is 2. The summed E-state index contributed by atoms with van der Waals surface area (Å²) in [6.45, 7) is 1.65. The van der Waals surface area contributed by atoms with Crippen molar-refractivity contribution in [2.24, 2.45) is 5.92 Å². The Balaban J connectivity index is 2.11. The number of aliphatic carboxylic acids is 1. The predicted octanol–water partition coefficient (Wildman–Crippen LogP) is 2.97. The maximum absolute atomic E-state index is 10.7. The minimum Gasteiger partial charge on any atom is -0.481 e. The normalized spacial score (nSPS) is 15.9. The summed E-state index contributed by atoms with van der Waals surface area (Å²) in [5.74, 6) is -0.455. The van der Waals surface area contributed by atoms with Gasteiger partial charge < -0.3 is 10.0 Å². The maximum Gasteiger partial charge on any atom is 0.303 e. The average molecular weight is 290 g/mol. The van der Waals surface area contributed by atoms with Crippen molar-refractivity contribution in [1.29, 1.82) is 5.26 Å². The summed E-state index contributed by atoms with van der Waals surface area (Å²) in [7, 11) is 0. The topological polar surface area (TPSA) is 64.3 Å². The summed E-state index contributed by atoms with van der Waals surface area (Å²) in [5.41, 5.74) is 1.71. The Labute approximate surface area is 123 Å². The van der Waals surface area contributed by atoms with E-state index in [0.29, 0.717) is 0 Å². The quantitative estimate of drug-likeness (QED) is 0.864. The molecule has 1 aliphatic rings. The fraction of sp³-hybridized carbons (Fsp3) is 0.467. The second-order valence-electron chi connectivity index (χ2n) is 4.99. The van der Waals surface area contributed by atoms with Crippen molar-refractivity contribution in [1.82, 2.24) is 0 Å². The van der Waals surface area contributed by atoms with Crippen LogP contribution in [0.4, 0.5) is 5.69 Å². The third kappa shape index (κ3) is 3.26. The van der Waals surface area contributed by atoms with E-state index in [9.17, 15) is 10.1 Å². The summed E-state index contributed by atoms with van der Waals surface area (Å²) in [6.07, 6.45) is 3.98. The number of carbonyl (C=O) groups is 1. The molecule has 106 valence electrons. The van der Waals surface area contributed by atoms with Crippen LogP contribution >= 0.6 is 11.8 Å². The third-order valence-corrected chi connectivity index (χ3v) is 4.53. The van der Waals surface area contributed by atoms with Crippen molar-refractivity contribution in [2.45, 2.75) is 24.2 Å². The molecule has 4 nitrogen and oxygen atoms in total. The number of piperidine rings is 1. The van der Waals surface area contributed by atoms with E-state index in [1.54, 1.807) is 11.8 Å². The summed E-state index contributed by atoms with van der Waals surface area (Å²) in [4.78, 5) is 13.9. The lowest BCUT2D eigenvalue weighted by atomic mass is 9.93. The Bertz CT molecular complexity index is 531. The molecule has 20 heavy (non-hydrogen) atoms. The Hall–Kier alpha value is -1.67. The molecule has 0 aromatic heterocycles. The molecule has 1 saturated heterocycles. The minimum absolute atomic E-state index is 0.254. The highest BCUT2D eigenvalue weighted by molar-refractivity contribution is 7.98. The van der Waals surface area contributed by atoms with Gasteiger partial charge in [0.1, 0.15) is 6.07 Å². The van der Waals surface area contributed by atoms with Crippen LogP contribution in [-0.2, 0) is 4.79 Å². The smallest absolute Gasteiger partial charge is 0.303 e. The zero-order valence-corrected chi connectivity index (χ0v) is 12.3. The van der Waals surface area contributed by atoms with Crippen molar-refractivity contribution < 1.29 is 9.90 Å². The van der Waals surface area contributed by atoms with Crippen molar-refractivity contribution >= 4 is 23.4 Å². The van der Waals surface area contributed by atoms with Gasteiger partial charge >= 0.3 is 5.97 Å². The molecule has 1 fully saturated rings. The van der Waals surface area contributed by atoms with Crippen LogP contribution in [-0.4, -0.2) is 30.4 Å². The molecule has 0 amide bonds. The van der Waals surface area contributed by atoms with Crippen LogP contribution in [0.2, 0.25) is 0 Å². The van der Waals surface area contributed by atoms with E-state index in [2.05, 4.69) is 11.0 Å². The van der Waals surface area contributed by atoms with Gasteiger partial charge in [0, 0.05) is 24.4 Å². The Morgan fingerprint density at radius 1 is 1.50 bits per heavy atom. The van der Waals surface area contributed by atoms with Gasteiger partial charge in [0.15, 0.2) is 0 Å². The number of hydrogen-bond acceptors (Lipinski definition) is 4. The molecule has 1 aliphatic heterocycles. The van der Waals surface area contributed by atoms with Crippen LogP contribution in [0.3, 0.4) is 0 Å². The number of hydrogen-bond donors (Lipinski definition) is 1. The lowest BCUT2D eigenvalue weighted by Crippen LogP contribution is -2.34. The molecule has 0 aliphatic carbocycles. The van der Waals surface area contributed by atoms with E-state index >= 15 is 0 Å². The molecule has 0 bridgehead atoms. The number of thioether (sulfide) groups is 1. The second kappa shape index (κ2) is 6.67. The molecule has 0 atom stereocenters. The van der Waals surface area contributed by atoms with Gasteiger partial charge in [0.25, 0.3) is 0 Å². The lowest BCUT2D eigenvalue weighted by Gasteiger charge is -2.33. The third-order valence-electron chi connectivity index (χ3n) is 3.75. The van der Waals surface area contributed by atoms with Crippen molar-refractivity contribution in [3.05, 3.63) is 23.8 Å². The summed E-state index contributed by atoms with van der Waals surface area (Å²) >= 11 is 1.58. The number of rotatable bonds is 4. The monoisotopic (exact) mass is 290 g/mol. The molecule has 0 saturated carbocycles. The van der Waals surface area contributed by atoms with E-state index in [1.807, 2.05) is 24.5 Å². The van der Waals surface area contributed by atoms with Crippen molar-refractivity contribution in [3.8, 4) is 6.07 Å². The number of carboxylic acid groups (broad SMARTS) is 1. The van der Waals surface area contributed by atoms with Gasteiger partial charge in [-0.1, -0.05) is 6.07 Å². The van der Waals surface area contributed by atoms with Crippen LogP contribution in [0.25, 0.3) is 0 Å². The molecular weight excluding hydrogens is 272 g/mol. The molecule has 1 heterocycles. The SMILES string of the molecule is CSc1cccc(N2CCC(CC(=O)O)CC2)c1C#N. The molecule has 0 spiro atoms. The minimum atomic E-state index is -0.717. The Morgan fingerprint density at radius 2 is 2.20 bits per heavy atom. The average Bonchev–Trinajstić information content (AvgIpc) is 2.46. The predicted molar refractivity (Wildman–Crippen MR) is 80.1 cm³/mol. The maximum atomic E-state index is 10.7. The molecule has 1 aromatic carbocycles. The standard InChI is InChI=1S/C15H18N2O2S/c1-20-14-4-2-3-13(12(14)10-16)17-7-5-11(6-8-17)9-15(18)19/h2-4,11H,5-9H2,1H3,(H,18,19). The molecular formula is C15H18N2O2S. The van der Waals surface area contributed by atoms with Crippen LogP contribution < -0.4 is 4.90 Å².